The van der Waals surface area contributed by atoms with Gasteiger partial charge in [-0.2, -0.15) is 0 Å². The lowest BCUT2D eigenvalue weighted by Gasteiger charge is -2.26. The number of likely N-dealkylation sites (N-methyl/N-ethyl adjacent to an activating group) is 1. The van der Waals surface area contributed by atoms with Gasteiger partial charge in [-0.05, 0) is 26.6 Å². The van der Waals surface area contributed by atoms with Crippen LogP contribution in [0.2, 0.25) is 0 Å². The summed E-state index contributed by atoms with van der Waals surface area (Å²) in [4.78, 5) is 16.1. The maximum atomic E-state index is 11.6. The molecule has 2 unspecified atom stereocenters. The van der Waals surface area contributed by atoms with Crippen molar-refractivity contribution in [2.45, 2.75) is 25.1 Å². The van der Waals surface area contributed by atoms with E-state index in [0.29, 0.717) is 19.1 Å². The average Bonchev–Trinajstić information content (AvgIpc) is 2.67. The Morgan fingerprint density at radius 3 is 2.84 bits per heavy atom. The average molecular weight is 265 g/mol. The lowest BCUT2D eigenvalue weighted by Crippen LogP contribution is -2.40. The van der Waals surface area contributed by atoms with Gasteiger partial charge in [0.1, 0.15) is 0 Å². The summed E-state index contributed by atoms with van der Waals surface area (Å²) in [6, 6.07) is 5.59. The number of hydrogen-bond donors (Lipinski definition) is 1. The fraction of sp³-hybridized carbons (Fsp3) is 0.643. The van der Waals surface area contributed by atoms with Gasteiger partial charge in [0.25, 0.3) is 5.56 Å². The highest BCUT2D eigenvalue weighted by Gasteiger charge is 2.30. The first-order chi connectivity index (χ1) is 9.06. The first-order valence-corrected chi connectivity index (χ1v) is 6.78. The van der Waals surface area contributed by atoms with E-state index in [1.54, 1.807) is 16.7 Å². The standard InChI is InChI=1S/C14H23N3O2/c1-15(2)10-12-9-13(18)11-17(12)8-7-16-6-4-3-5-14(16)19/h3-6,12-13,18H,7-11H2,1-2H3. The molecule has 0 aromatic carbocycles. The summed E-state index contributed by atoms with van der Waals surface area (Å²) in [5.41, 5.74) is 0.0337. The van der Waals surface area contributed by atoms with E-state index in [0.717, 1.165) is 19.5 Å². The van der Waals surface area contributed by atoms with Gasteiger partial charge in [-0.15, -0.1) is 0 Å². The van der Waals surface area contributed by atoms with Crippen molar-refractivity contribution in [1.29, 1.82) is 0 Å². The van der Waals surface area contributed by atoms with Crippen LogP contribution < -0.4 is 5.56 Å². The molecule has 2 heterocycles. The molecule has 1 N–H and O–H groups in total. The van der Waals surface area contributed by atoms with Crippen molar-refractivity contribution in [1.82, 2.24) is 14.4 Å². The van der Waals surface area contributed by atoms with E-state index in [9.17, 15) is 9.90 Å². The number of rotatable bonds is 5. The van der Waals surface area contributed by atoms with Crippen LogP contribution in [0.5, 0.6) is 0 Å². The van der Waals surface area contributed by atoms with E-state index >= 15 is 0 Å². The summed E-state index contributed by atoms with van der Waals surface area (Å²) in [7, 11) is 4.09. The Hall–Kier alpha value is -1.17. The molecule has 1 aromatic heterocycles. The molecule has 1 aliphatic heterocycles. The van der Waals surface area contributed by atoms with Crippen LogP contribution in [0.1, 0.15) is 6.42 Å². The molecule has 0 amide bonds. The quantitative estimate of drug-likeness (QED) is 0.804. The Labute approximate surface area is 114 Å². The number of aromatic nitrogens is 1. The van der Waals surface area contributed by atoms with Gasteiger partial charge in [-0.1, -0.05) is 6.07 Å². The minimum atomic E-state index is -0.238. The largest absolute Gasteiger partial charge is 0.392 e. The molecule has 0 bridgehead atoms. The van der Waals surface area contributed by atoms with Crippen molar-refractivity contribution >= 4 is 0 Å². The minimum Gasteiger partial charge on any atom is -0.392 e. The molecule has 5 heteroatoms. The van der Waals surface area contributed by atoms with Gasteiger partial charge in [0, 0.05) is 44.5 Å². The van der Waals surface area contributed by atoms with E-state index in [4.69, 9.17) is 0 Å². The third-order valence-electron chi connectivity index (χ3n) is 3.61. The monoisotopic (exact) mass is 265 g/mol. The molecule has 1 aromatic rings. The van der Waals surface area contributed by atoms with E-state index in [1.165, 1.54) is 0 Å². The molecule has 1 saturated heterocycles. The summed E-state index contributed by atoms with van der Waals surface area (Å²) < 4.78 is 1.72. The second kappa shape index (κ2) is 6.32. The van der Waals surface area contributed by atoms with Crippen LogP contribution in [0.25, 0.3) is 0 Å². The number of aliphatic hydroxyl groups is 1. The van der Waals surface area contributed by atoms with Crippen LogP contribution >= 0.6 is 0 Å². The zero-order valence-corrected chi connectivity index (χ0v) is 11.7. The second-order valence-corrected chi connectivity index (χ2v) is 5.53. The molecule has 0 spiro atoms. The van der Waals surface area contributed by atoms with Crippen molar-refractivity contribution in [2.75, 3.05) is 33.7 Å². The molecule has 0 radical (unpaired) electrons. The molecule has 0 aliphatic carbocycles. The Bertz CT molecular complexity index is 458. The predicted molar refractivity (Wildman–Crippen MR) is 75.2 cm³/mol. The molecule has 1 aliphatic rings. The fourth-order valence-corrected chi connectivity index (χ4v) is 2.72. The van der Waals surface area contributed by atoms with Crippen LogP contribution in [0.4, 0.5) is 0 Å². The number of β-amino-alcohol motifs (C(OH)–C–C–N with tert-alkyl or cyclic N) is 1. The number of aliphatic hydroxyl groups excluding tert-OH is 1. The number of nitrogens with zero attached hydrogens (tertiary/aromatic N) is 3. The van der Waals surface area contributed by atoms with E-state index in [-0.39, 0.29) is 11.7 Å². The van der Waals surface area contributed by atoms with Crippen molar-refractivity contribution in [3.8, 4) is 0 Å². The second-order valence-electron chi connectivity index (χ2n) is 5.53. The Balaban J connectivity index is 1.94. The molecule has 2 atom stereocenters. The molecular formula is C14H23N3O2. The van der Waals surface area contributed by atoms with Gasteiger partial charge in [0.15, 0.2) is 0 Å². The van der Waals surface area contributed by atoms with Crippen LogP contribution in [-0.2, 0) is 6.54 Å². The van der Waals surface area contributed by atoms with Gasteiger partial charge >= 0.3 is 0 Å². The number of pyridine rings is 1. The Kier molecular flexibility index (Phi) is 4.74. The summed E-state index contributed by atoms with van der Waals surface area (Å²) in [6.45, 7) is 3.14. The summed E-state index contributed by atoms with van der Waals surface area (Å²) >= 11 is 0. The number of hydrogen-bond acceptors (Lipinski definition) is 4. The molecular weight excluding hydrogens is 242 g/mol. The van der Waals surface area contributed by atoms with Crippen LogP contribution in [-0.4, -0.2) is 65.3 Å². The van der Waals surface area contributed by atoms with Crippen molar-refractivity contribution < 1.29 is 5.11 Å². The molecule has 5 nitrogen and oxygen atoms in total. The zero-order valence-electron chi connectivity index (χ0n) is 11.7. The lowest BCUT2D eigenvalue weighted by atomic mass is 10.2. The summed E-state index contributed by atoms with van der Waals surface area (Å²) in [5, 5.41) is 9.81. The molecule has 2 rings (SSSR count). The normalized spacial score (nSPS) is 24.2. The highest BCUT2D eigenvalue weighted by atomic mass is 16.3. The first kappa shape index (κ1) is 14.2. The third-order valence-corrected chi connectivity index (χ3v) is 3.61. The summed E-state index contributed by atoms with van der Waals surface area (Å²) in [6.07, 6.45) is 2.40. The van der Waals surface area contributed by atoms with E-state index in [1.807, 2.05) is 26.4 Å². The van der Waals surface area contributed by atoms with Crippen molar-refractivity contribution in [2.24, 2.45) is 0 Å². The maximum Gasteiger partial charge on any atom is 0.250 e. The summed E-state index contributed by atoms with van der Waals surface area (Å²) in [5.74, 6) is 0. The topological polar surface area (TPSA) is 48.7 Å². The van der Waals surface area contributed by atoms with E-state index < -0.39 is 0 Å². The van der Waals surface area contributed by atoms with Crippen molar-refractivity contribution in [3.63, 3.8) is 0 Å². The van der Waals surface area contributed by atoms with Gasteiger partial charge < -0.3 is 14.6 Å². The van der Waals surface area contributed by atoms with Crippen LogP contribution in [0.15, 0.2) is 29.2 Å². The molecule has 1 fully saturated rings. The number of likely N-dealkylation sites (tertiary alicyclic amines) is 1. The van der Waals surface area contributed by atoms with Gasteiger partial charge in [0.05, 0.1) is 6.10 Å². The zero-order chi connectivity index (χ0) is 13.8. The highest BCUT2D eigenvalue weighted by molar-refractivity contribution is 4.94. The van der Waals surface area contributed by atoms with Gasteiger partial charge in [0.2, 0.25) is 0 Å². The van der Waals surface area contributed by atoms with Gasteiger partial charge in [-0.25, -0.2) is 0 Å². The molecule has 106 valence electrons. The third kappa shape index (κ3) is 3.89. The molecule has 0 saturated carbocycles. The van der Waals surface area contributed by atoms with Crippen LogP contribution in [0.3, 0.4) is 0 Å². The van der Waals surface area contributed by atoms with Crippen LogP contribution in [0, 0.1) is 0 Å². The smallest absolute Gasteiger partial charge is 0.250 e. The SMILES string of the molecule is CN(C)CC1CC(O)CN1CCn1ccccc1=O. The minimum absolute atomic E-state index is 0.0337. The first-order valence-electron chi connectivity index (χ1n) is 6.78. The highest BCUT2D eigenvalue weighted by Crippen LogP contribution is 2.18. The van der Waals surface area contributed by atoms with Gasteiger partial charge in [-0.3, -0.25) is 9.69 Å². The molecule has 19 heavy (non-hydrogen) atoms. The fourth-order valence-electron chi connectivity index (χ4n) is 2.72. The Morgan fingerprint density at radius 1 is 1.37 bits per heavy atom. The maximum absolute atomic E-state index is 11.6. The van der Waals surface area contributed by atoms with Crippen molar-refractivity contribution in [3.05, 3.63) is 34.7 Å². The Morgan fingerprint density at radius 2 is 2.16 bits per heavy atom. The van der Waals surface area contributed by atoms with E-state index in [2.05, 4.69) is 9.80 Å². The lowest BCUT2D eigenvalue weighted by molar-refractivity contribution is 0.170. The predicted octanol–water partition coefficient (Wildman–Crippen LogP) is -0.155.